The summed E-state index contributed by atoms with van der Waals surface area (Å²) in [6.07, 6.45) is 0.219. The molecule has 1 unspecified atom stereocenters. The van der Waals surface area contributed by atoms with Crippen LogP contribution in [0.1, 0.15) is 26.7 Å². The van der Waals surface area contributed by atoms with Crippen LogP contribution in [0, 0.1) is 0 Å². The van der Waals surface area contributed by atoms with Gasteiger partial charge in [0, 0.05) is 17.6 Å². The van der Waals surface area contributed by atoms with Gasteiger partial charge in [0.25, 0.3) is 5.91 Å². The van der Waals surface area contributed by atoms with Crippen molar-refractivity contribution in [3.8, 4) is 0 Å². The highest BCUT2D eigenvalue weighted by Gasteiger charge is 2.28. The van der Waals surface area contributed by atoms with Gasteiger partial charge in [-0.25, -0.2) is 9.59 Å². The average Bonchev–Trinajstić information content (AvgIpc) is 2.40. The van der Waals surface area contributed by atoms with Crippen molar-refractivity contribution in [3.05, 3.63) is 11.1 Å². The van der Waals surface area contributed by atoms with Gasteiger partial charge < -0.3 is 10.4 Å². The molecule has 5 amide bonds. The average molecular weight is 297 g/mol. The molecule has 0 spiro atoms. The number of carboxylic acid groups (broad SMARTS) is 1. The molecular formula is C12H15N3O6. The first-order valence-electron chi connectivity index (χ1n) is 6.08. The zero-order valence-electron chi connectivity index (χ0n) is 11.5. The number of carbonyl (C=O) groups excluding carboxylic acids is 4. The van der Waals surface area contributed by atoms with Crippen LogP contribution in [-0.4, -0.2) is 40.9 Å². The third kappa shape index (κ3) is 4.41. The maximum atomic E-state index is 11.6. The summed E-state index contributed by atoms with van der Waals surface area (Å²) in [5, 5.41) is 14.9. The largest absolute Gasteiger partial charge is 0.478 e. The van der Waals surface area contributed by atoms with Gasteiger partial charge >= 0.3 is 12.0 Å². The van der Waals surface area contributed by atoms with Crippen molar-refractivity contribution in [1.82, 2.24) is 16.0 Å². The molecule has 0 radical (unpaired) electrons. The molecule has 9 nitrogen and oxygen atoms in total. The second-order valence-electron chi connectivity index (χ2n) is 4.49. The van der Waals surface area contributed by atoms with Crippen LogP contribution < -0.4 is 16.0 Å². The Kier molecular flexibility index (Phi) is 5.17. The summed E-state index contributed by atoms with van der Waals surface area (Å²) in [5.41, 5.74) is -0.317. The van der Waals surface area contributed by atoms with E-state index in [-0.39, 0.29) is 24.0 Å². The number of piperidine rings is 1. The lowest BCUT2D eigenvalue weighted by atomic mass is 10.1. The number of nitrogens with one attached hydrogen (secondary N) is 3. The summed E-state index contributed by atoms with van der Waals surface area (Å²) in [6, 6.07) is -1.85. The van der Waals surface area contributed by atoms with Crippen LogP contribution in [-0.2, 0) is 19.2 Å². The van der Waals surface area contributed by atoms with Gasteiger partial charge in [0.15, 0.2) is 0 Å². The zero-order valence-corrected chi connectivity index (χ0v) is 11.5. The van der Waals surface area contributed by atoms with Crippen LogP contribution in [0.3, 0.4) is 0 Å². The number of rotatable bonds is 3. The van der Waals surface area contributed by atoms with Crippen molar-refractivity contribution >= 4 is 29.7 Å². The van der Waals surface area contributed by atoms with Gasteiger partial charge in [0.2, 0.25) is 11.8 Å². The van der Waals surface area contributed by atoms with Crippen molar-refractivity contribution in [2.75, 3.05) is 0 Å². The molecule has 9 heteroatoms. The number of hydrogen-bond acceptors (Lipinski definition) is 5. The van der Waals surface area contributed by atoms with Gasteiger partial charge in [-0.2, -0.15) is 0 Å². The number of aliphatic carboxylic acids is 1. The maximum Gasteiger partial charge on any atom is 0.331 e. The van der Waals surface area contributed by atoms with E-state index in [1.54, 1.807) is 0 Å². The van der Waals surface area contributed by atoms with E-state index in [0.29, 0.717) is 0 Å². The first-order valence-corrected chi connectivity index (χ1v) is 6.08. The lowest BCUT2D eigenvalue weighted by Crippen LogP contribution is -2.55. The lowest BCUT2D eigenvalue weighted by Gasteiger charge is -2.21. The highest BCUT2D eigenvalue weighted by Crippen LogP contribution is 2.05. The molecule has 1 heterocycles. The van der Waals surface area contributed by atoms with E-state index in [0.717, 1.165) is 0 Å². The molecule has 1 aliphatic rings. The Labute approximate surface area is 119 Å². The molecule has 1 saturated heterocycles. The third-order valence-corrected chi connectivity index (χ3v) is 3.00. The summed E-state index contributed by atoms with van der Waals surface area (Å²) in [7, 11) is 0. The number of imide groups is 2. The number of amides is 5. The molecule has 1 atom stereocenters. The smallest absolute Gasteiger partial charge is 0.331 e. The molecule has 1 rings (SSSR count). The fourth-order valence-corrected chi connectivity index (χ4v) is 1.55. The van der Waals surface area contributed by atoms with E-state index < -0.39 is 35.8 Å². The Morgan fingerprint density at radius 3 is 2.33 bits per heavy atom. The molecule has 0 saturated carbocycles. The molecule has 21 heavy (non-hydrogen) atoms. The number of carbonyl (C=O) groups is 5. The van der Waals surface area contributed by atoms with Gasteiger partial charge in [0.1, 0.15) is 6.04 Å². The molecule has 0 aromatic heterocycles. The van der Waals surface area contributed by atoms with Crippen molar-refractivity contribution in [2.24, 2.45) is 0 Å². The molecule has 0 aliphatic carbocycles. The quantitative estimate of drug-likeness (QED) is 0.390. The summed E-state index contributed by atoms with van der Waals surface area (Å²) in [5.74, 6) is -3.22. The monoisotopic (exact) mass is 297 g/mol. The summed E-state index contributed by atoms with van der Waals surface area (Å²) in [6.45, 7) is 2.49. The highest BCUT2D eigenvalue weighted by atomic mass is 16.4. The van der Waals surface area contributed by atoms with Crippen LogP contribution in [0.4, 0.5) is 4.79 Å². The first kappa shape index (κ1) is 16.3. The van der Waals surface area contributed by atoms with E-state index in [4.69, 9.17) is 5.11 Å². The number of carboxylic acids is 1. The normalized spacial score (nSPS) is 19.2. The van der Waals surface area contributed by atoms with E-state index in [1.165, 1.54) is 13.8 Å². The first-order chi connectivity index (χ1) is 9.72. The minimum atomic E-state index is -1.27. The molecule has 1 aliphatic heterocycles. The predicted molar refractivity (Wildman–Crippen MR) is 68.9 cm³/mol. The van der Waals surface area contributed by atoms with Crippen molar-refractivity contribution < 1.29 is 29.1 Å². The maximum absolute atomic E-state index is 11.6. The minimum absolute atomic E-state index is 0.0850. The summed E-state index contributed by atoms with van der Waals surface area (Å²) in [4.78, 5) is 56.2. The van der Waals surface area contributed by atoms with Crippen molar-refractivity contribution in [2.45, 2.75) is 32.7 Å². The molecule has 0 bridgehead atoms. The second-order valence-corrected chi connectivity index (χ2v) is 4.49. The standard InChI is InChI=1S/C12H15N3O6/c1-5(6(2)11(19)20)9(17)15-12(21)13-7-3-4-8(16)14-10(7)18/h7H,3-4H2,1-2H3,(H,19,20)(H,14,16,18)(H2,13,15,17,21). The lowest BCUT2D eigenvalue weighted by molar-refractivity contribution is -0.135. The molecule has 4 N–H and O–H groups in total. The van der Waals surface area contributed by atoms with E-state index in [9.17, 15) is 24.0 Å². The van der Waals surface area contributed by atoms with Crippen LogP contribution in [0.5, 0.6) is 0 Å². The van der Waals surface area contributed by atoms with Crippen molar-refractivity contribution in [3.63, 3.8) is 0 Å². The third-order valence-electron chi connectivity index (χ3n) is 3.00. The summed E-state index contributed by atoms with van der Waals surface area (Å²) >= 11 is 0. The number of hydrogen-bond donors (Lipinski definition) is 4. The van der Waals surface area contributed by atoms with Crippen molar-refractivity contribution in [1.29, 1.82) is 0 Å². The highest BCUT2D eigenvalue weighted by molar-refractivity contribution is 6.08. The Hall–Kier alpha value is -2.71. The fourth-order valence-electron chi connectivity index (χ4n) is 1.55. The molecule has 114 valence electrons. The van der Waals surface area contributed by atoms with Gasteiger partial charge in [-0.15, -0.1) is 0 Å². The number of urea groups is 1. The zero-order chi connectivity index (χ0) is 16.2. The molecule has 0 aromatic carbocycles. The Morgan fingerprint density at radius 2 is 1.81 bits per heavy atom. The van der Waals surface area contributed by atoms with E-state index >= 15 is 0 Å². The minimum Gasteiger partial charge on any atom is -0.478 e. The topological polar surface area (TPSA) is 142 Å². The van der Waals surface area contributed by atoms with Crippen LogP contribution in [0.2, 0.25) is 0 Å². The van der Waals surface area contributed by atoms with Crippen LogP contribution in [0.15, 0.2) is 11.1 Å². The van der Waals surface area contributed by atoms with Crippen LogP contribution in [0.25, 0.3) is 0 Å². The predicted octanol–water partition coefficient (Wildman–Crippen LogP) is -0.962. The van der Waals surface area contributed by atoms with E-state index in [1.807, 2.05) is 5.32 Å². The van der Waals surface area contributed by atoms with Gasteiger partial charge in [-0.1, -0.05) is 0 Å². The second kappa shape index (κ2) is 6.64. The van der Waals surface area contributed by atoms with Gasteiger partial charge in [0.05, 0.1) is 0 Å². The van der Waals surface area contributed by atoms with Gasteiger partial charge in [-0.3, -0.25) is 25.0 Å². The Bertz CT molecular complexity index is 551. The van der Waals surface area contributed by atoms with Crippen LogP contribution >= 0.6 is 0 Å². The SMILES string of the molecule is CC(C(=O)O)=C(C)C(=O)NC(=O)NC1CCC(=O)NC1=O. The Morgan fingerprint density at radius 1 is 1.19 bits per heavy atom. The summed E-state index contributed by atoms with van der Waals surface area (Å²) < 4.78 is 0. The molecule has 1 fully saturated rings. The Balaban J connectivity index is 2.60. The van der Waals surface area contributed by atoms with Gasteiger partial charge in [-0.05, 0) is 20.3 Å². The molecular weight excluding hydrogens is 282 g/mol. The molecule has 0 aromatic rings. The fraction of sp³-hybridized carbons (Fsp3) is 0.417. The van der Waals surface area contributed by atoms with E-state index in [2.05, 4.69) is 10.6 Å².